The molecule has 2 aromatic rings. The number of aliphatic hydroxyl groups excluding tert-OH is 1. The van der Waals surface area contributed by atoms with Crippen LogP contribution in [0.25, 0.3) is 5.76 Å². The first kappa shape index (κ1) is 21.3. The Morgan fingerprint density at radius 3 is 2.48 bits per heavy atom. The molecule has 1 amide bonds. The maximum absolute atomic E-state index is 12.9. The minimum atomic E-state index is -0.679. The fourth-order valence-electron chi connectivity index (χ4n) is 3.45. The maximum atomic E-state index is 12.9. The van der Waals surface area contributed by atoms with Crippen LogP contribution in [0, 0.1) is 6.92 Å². The minimum Gasteiger partial charge on any atom is -0.507 e. The van der Waals surface area contributed by atoms with E-state index in [1.54, 1.807) is 24.3 Å². The van der Waals surface area contributed by atoms with E-state index < -0.39 is 17.7 Å². The standard InChI is InChI=1S/C23H24BrNO4/c1-14(2)29-12-11-25-20(17-6-4-5-15(3)13-17)19(22(27)23(25)28)21(26)16-7-9-18(24)10-8-16/h4-10,13-14,20,26H,11-12H2,1-3H3/b21-19-. The van der Waals surface area contributed by atoms with Gasteiger partial charge >= 0.3 is 0 Å². The highest BCUT2D eigenvalue weighted by atomic mass is 79.9. The number of carbonyl (C=O) groups is 2. The molecule has 1 atom stereocenters. The maximum Gasteiger partial charge on any atom is 0.295 e. The number of rotatable bonds is 6. The van der Waals surface area contributed by atoms with E-state index in [0.29, 0.717) is 12.2 Å². The highest BCUT2D eigenvalue weighted by molar-refractivity contribution is 9.10. The van der Waals surface area contributed by atoms with Crippen molar-refractivity contribution in [1.82, 2.24) is 4.90 Å². The first-order valence-corrected chi connectivity index (χ1v) is 10.3. The van der Waals surface area contributed by atoms with E-state index in [4.69, 9.17) is 4.74 Å². The summed E-state index contributed by atoms with van der Waals surface area (Å²) in [5, 5.41) is 11.0. The molecule has 1 fully saturated rings. The van der Waals surface area contributed by atoms with Gasteiger partial charge in [0.25, 0.3) is 11.7 Å². The Morgan fingerprint density at radius 1 is 1.17 bits per heavy atom. The van der Waals surface area contributed by atoms with Crippen LogP contribution in [0.15, 0.2) is 58.6 Å². The summed E-state index contributed by atoms with van der Waals surface area (Å²) in [4.78, 5) is 27.2. The second-order valence-corrected chi connectivity index (χ2v) is 8.25. The molecule has 1 N–H and O–H groups in total. The molecule has 5 nitrogen and oxygen atoms in total. The second kappa shape index (κ2) is 8.93. The van der Waals surface area contributed by atoms with Crippen molar-refractivity contribution in [3.8, 4) is 0 Å². The van der Waals surface area contributed by atoms with Gasteiger partial charge in [-0.3, -0.25) is 9.59 Å². The molecule has 0 radical (unpaired) electrons. The number of benzene rings is 2. The van der Waals surface area contributed by atoms with Gasteiger partial charge in [0, 0.05) is 16.6 Å². The van der Waals surface area contributed by atoms with E-state index in [-0.39, 0.29) is 24.0 Å². The van der Waals surface area contributed by atoms with Gasteiger partial charge < -0.3 is 14.7 Å². The van der Waals surface area contributed by atoms with Crippen molar-refractivity contribution in [2.75, 3.05) is 13.2 Å². The Labute approximate surface area is 179 Å². The average Bonchev–Trinajstić information content (AvgIpc) is 2.93. The highest BCUT2D eigenvalue weighted by Crippen LogP contribution is 2.39. The Kier molecular flexibility index (Phi) is 6.55. The molecule has 0 spiro atoms. The first-order chi connectivity index (χ1) is 13.8. The van der Waals surface area contributed by atoms with Crippen molar-refractivity contribution in [1.29, 1.82) is 0 Å². The molecule has 1 aliphatic rings. The number of aliphatic hydroxyl groups is 1. The number of Topliss-reactive ketones (excluding diaryl/α,β-unsaturated/α-hetero) is 1. The molecular weight excluding hydrogens is 434 g/mol. The van der Waals surface area contributed by atoms with Crippen molar-refractivity contribution in [2.45, 2.75) is 32.9 Å². The summed E-state index contributed by atoms with van der Waals surface area (Å²) in [6.07, 6.45) is 0.0204. The number of ether oxygens (including phenoxy) is 1. The smallest absolute Gasteiger partial charge is 0.295 e. The zero-order valence-electron chi connectivity index (χ0n) is 16.7. The molecule has 1 heterocycles. The molecule has 0 aromatic heterocycles. The molecule has 1 saturated heterocycles. The number of nitrogens with zero attached hydrogens (tertiary/aromatic N) is 1. The van der Waals surface area contributed by atoms with Crippen molar-refractivity contribution < 1.29 is 19.4 Å². The number of amides is 1. The number of aryl methyl sites for hydroxylation is 1. The van der Waals surface area contributed by atoms with Gasteiger partial charge in [-0.1, -0.05) is 57.9 Å². The van der Waals surface area contributed by atoms with Crippen LogP contribution in [0.2, 0.25) is 0 Å². The Balaban J connectivity index is 2.09. The molecule has 29 heavy (non-hydrogen) atoms. The predicted molar refractivity (Wildman–Crippen MR) is 115 cm³/mol. The topological polar surface area (TPSA) is 66.8 Å². The quantitative estimate of drug-likeness (QED) is 0.390. The monoisotopic (exact) mass is 457 g/mol. The second-order valence-electron chi connectivity index (χ2n) is 7.33. The molecule has 1 aliphatic heterocycles. The van der Waals surface area contributed by atoms with Crippen LogP contribution in [0.4, 0.5) is 0 Å². The molecule has 1 unspecified atom stereocenters. The lowest BCUT2D eigenvalue weighted by molar-refractivity contribution is -0.140. The molecular formula is C23H24BrNO4. The zero-order valence-corrected chi connectivity index (χ0v) is 18.3. The van der Waals surface area contributed by atoms with Gasteiger partial charge in [-0.2, -0.15) is 0 Å². The summed E-state index contributed by atoms with van der Waals surface area (Å²) in [5.74, 6) is -1.47. The molecule has 6 heteroatoms. The summed E-state index contributed by atoms with van der Waals surface area (Å²) >= 11 is 3.36. The summed E-state index contributed by atoms with van der Waals surface area (Å²) in [6.45, 7) is 6.36. The van der Waals surface area contributed by atoms with Gasteiger partial charge in [-0.25, -0.2) is 0 Å². The summed E-state index contributed by atoms with van der Waals surface area (Å²) in [5.41, 5.74) is 2.39. The van der Waals surface area contributed by atoms with Gasteiger partial charge in [0.1, 0.15) is 5.76 Å². The van der Waals surface area contributed by atoms with Gasteiger partial charge in [0.05, 0.1) is 24.3 Å². The number of hydrogen-bond acceptors (Lipinski definition) is 4. The van der Waals surface area contributed by atoms with Gasteiger partial charge in [-0.05, 0) is 38.5 Å². The molecule has 0 saturated carbocycles. The van der Waals surface area contributed by atoms with Crippen molar-refractivity contribution >= 4 is 33.4 Å². The minimum absolute atomic E-state index is 0.0204. The third-order valence-corrected chi connectivity index (χ3v) is 5.33. The zero-order chi connectivity index (χ0) is 21.1. The van der Waals surface area contributed by atoms with Crippen LogP contribution in [-0.2, 0) is 14.3 Å². The largest absolute Gasteiger partial charge is 0.507 e. The molecule has 2 aromatic carbocycles. The molecule has 0 aliphatic carbocycles. The van der Waals surface area contributed by atoms with Gasteiger partial charge in [-0.15, -0.1) is 0 Å². The fourth-order valence-corrected chi connectivity index (χ4v) is 3.71. The van der Waals surface area contributed by atoms with E-state index in [2.05, 4.69) is 15.9 Å². The van der Waals surface area contributed by atoms with Crippen molar-refractivity contribution in [3.05, 3.63) is 75.3 Å². The average molecular weight is 458 g/mol. The number of ketones is 1. The number of hydrogen-bond donors (Lipinski definition) is 1. The number of halogens is 1. The van der Waals surface area contributed by atoms with E-state index in [9.17, 15) is 14.7 Å². The van der Waals surface area contributed by atoms with E-state index in [1.165, 1.54) is 4.90 Å². The highest BCUT2D eigenvalue weighted by Gasteiger charge is 2.45. The summed E-state index contributed by atoms with van der Waals surface area (Å²) in [7, 11) is 0. The third kappa shape index (κ3) is 4.60. The van der Waals surface area contributed by atoms with Crippen LogP contribution in [0.5, 0.6) is 0 Å². The van der Waals surface area contributed by atoms with Crippen LogP contribution < -0.4 is 0 Å². The SMILES string of the molecule is Cc1cccc(C2/C(=C(/O)c3ccc(Br)cc3)C(=O)C(=O)N2CCOC(C)C)c1. The van der Waals surface area contributed by atoms with Gasteiger partial charge in [0.2, 0.25) is 0 Å². The van der Waals surface area contributed by atoms with Crippen LogP contribution in [0.1, 0.15) is 36.6 Å². The van der Waals surface area contributed by atoms with Crippen molar-refractivity contribution in [3.63, 3.8) is 0 Å². The Hall–Kier alpha value is -2.44. The van der Waals surface area contributed by atoms with Crippen LogP contribution in [0.3, 0.4) is 0 Å². The summed E-state index contributed by atoms with van der Waals surface area (Å²) < 4.78 is 6.46. The Bertz CT molecular complexity index is 950. The van der Waals surface area contributed by atoms with Crippen LogP contribution >= 0.6 is 15.9 Å². The normalized spacial score (nSPS) is 18.7. The lowest BCUT2D eigenvalue weighted by Gasteiger charge is -2.26. The molecule has 0 bridgehead atoms. The Morgan fingerprint density at radius 2 is 1.86 bits per heavy atom. The summed E-state index contributed by atoms with van der Waals surface area (Å²) in [6, 6.07) is 14.0. The predicted octanol–water partition coefficient (Wildman–Crippen LogP) is 4.60. The number of likely N-dealkylation sites (tertiary alicyclic amines) is 1. The third-order valence-electron chi connectivity index (χ3n) is 4.80. The van der Waals surface area contributed by atoms with E-state index in [1.807, 2.05) is 45.0 Å². The van der Waals surface area contributed by atoms with Gasteiger partial charge in [0.15, 0.2) is 0 Å². The lowest BCUT2D eigenvalue weighted by Crippen LogP contribution is -2.33. The van der Waals surface area contributed by atoms with Crippen LogP contribution in [-0.4, -0.2) is 41.0 Å². The number of carbonyl (C=O) groups excluding carboxylic acids is 2. The lowest BCUT2D eigenvalue weighted by atomic mass is 9.94. The van der Waals surface area contributed by atoms with E-state index in [0.717, 1.165) is 15.6 Å². The molecule has 3 rings (SSSR count). The van der Waals surface area contributed by atoms with Crippen molar-refractivity contribution in [2.24, 2.45) is 0 Å². The first-order valence-electron chi connectivity index (χ1n) is 9.52. The molecule has 152 valence electrons. The van der Waals surface area contributed by atoms with E-state index >= 15 is 0 Å². The fraction of sp³-hybridized carbons (Fsp3) is 0.304.